The number of hydrogen-bond acceptors (Lipinski definition) is 2. The standard InChI is InChI=1S/C16H17NO/c1-12-6-7-14(9-13(12)2)10-16(18)11-15-5-3-4-8-17-15/h3-9H,10-11H2,1-2H3. The zero-order chi connectivity index (χ0) is 13.0. The van der Waals surface area contributed by atoms with E-state index < -0.39 is 0 Å². The molecule has 1 heterocycles. The molecular weight excluding hydrogens is 222 g/mol. The Kier molecular flexibility index (Phi) is 3.88. The summed E-state index contributed by atoms with van der Waals surface area (Å²) in [6.07, 6.45) is 2.62. The third kappa shape index (κ3) is 3.27. The first kappa shape index (κ1) is 12.5. The van der Waals surface area contributed by atoms with Gasteiger partial charge < -0.3 is 0 Å². The first-order valence-corrected chi connectivity index (χ1v) is 6.13. The number of carbonyl (C=O) groups excluding carboxylic acids is 1. The van der Waals surface area contributed by atoms with E-state index in [-0.39, 0.29) is 5.78 Å². The van der Waals surface area contributed by atoms with Crippen molar-refractivity contribution in [1.29, 1.82) is 0 Å². The number of benzene rings is 1. The lowest BCUT2D eigenvalue weighted by atomic mass is 10.0. The molecule has 0 spiro atoms. The quantitative estimate of drug-likeness (QED) is 0.820. The molecule has 2 nitrogen and oxygen atoms in total. The van der Waals surface area contributed by atoms with Crippen LogP contribution in [0.2, 0.25) is 0 Å². The number of pyridine rings is 1. The lowest BCUT2D eigenvalue weighted by molar-refractivity contribution is -0.117. The molecule has 2 rings (SSSR count). The summed E-state index contributed by atoms with van der Waals surface area (Å²) in [7, 11) is 0. The van der Waals surface area contributed by atoms with Crippen molar-refractivity contribution in [2.24, 2.45) is 0 Å². The average Bonchev–Trinajstić information content (AvgIpc) is 2.35. The van der Waals surface area contributed by atoms with E-state index in [1.807, 2.05) is 24.3 Å². The Morgan fingerprint density at radius 3 is 2.56 bits per heavy atom. The van der Waals surface area contributed by atoms with Gasteiger partial charge in [0.1, 0.15) is 5.78 Å². The molecule has 0 N–H and O–H groups in total. The van der Waals surface area contributed by atoms with Crippen LogP contribution in [0, 0.1) is 13.8 Å². The van der Waals surface area contributed by atoms with Gasteiger partial charge in [0.2, 0.25) is 0 Å². The van der Waals surface area contributed by atoms with Gasteiger partial charge in [-0.15, -0.1) is 0 Å². The Labute approximate surface area is 108 Å². The molecule has 0 amide bonds. The summed E-state index contributed by atoms with van der Waals surface area (Å²) in [6, 6.07) is 11.8. The lowest BCUT2D eigenvalue weighted by Crippen LogP contribution is -2.07. The minimum absolute atomic E-state index is 0.206. The molecule has 0 atom stereocenters. The molecule has 92 valence electrons. The van der Waals surface area contributed by atoms with E-state index in [4.69, 9.17) is 0 Å². The summed E-state index contributed by atoms with van der Waals surface area (Å²) in [4.78, 5) is 16.1. The van der Waals surface area contributed by atoms with Crippen LogP contribution in [0.3, 0.4) is 0 Å². The Hall–Kier alpha value is -1.96. The maximum atomic E-state index is 11.9. The number of nitrogens with zero attached hydrogens (tertiary/aromatic N) is 1. The predicted molar refractivity (Wildman–Crippen MR) is 72.6 cm³/mol. The van der Waals surface area contributed by atoms with Crippen molar-refractivity contribution in [3.05, 3.63) is 65.0 Å². The van der Waals surface area contributed by atoms with Crippen molar-refractivity contribution in [2.45, 2.75) is 26.7 Å². The highest BCUT2D eigenvalue weighted by Gasteiger charge is 2.06. The highest BCUT2D eigenvalue weighted by atomic mass is 16.1. The highest BCUT2D eigenvalue weighted by molar-refractivity contribution is 5.82. The first-order chi connectivity index (χ1) is 8.65. The second-order valence-electron chi connectivity index (χ2n) is 4.63. The summed E-state index contributed by atoms with van der Waals surface area (Å²) < 4.78 is 0. The van der Waals surface area contributed by atoms with Crippen LogP contribution in [-0.2, 0) is 17.6 Å². The molecular formula is C16H17NO. The molecule has 2 heteroatoms. The normalized spacial score (nSPS) is 10.3. The molecule has 0 bridgehead atoms. The van der Waals surface area contributed by atoms with Gasteiger partial charge in [-0.25, -0.2) is 0 Å². The van der Waals surface area contributed by atoms with E-state index in [2.05, 4.69) is 31.0 Å². The van der Waals surface area contributed by atoms with Gasteiger partial charge in [0.25, 0.3) is 0 Å². The van der Waals surface area contributed by atoms with Crippen molar-refractivity contribution in [1.82, 2.24) is 4.98 Å². The molecule has 0 unspecified atom stereocenters. The van der Waals surface area contributed by atoms with Gasteiger partial charge in [-0.1, -0.05) is 24.3 Å². The largest absolute Gasteiger partial charge is 0.299 e. The van der Waals surface area contributed by atoms with E-state index in [9.17, 15) is 4.79 Å². The van der Waals surface area contributed by atoms with Crippen LogP contribution in [0.4, 0.5) is 0 Å². The molecule has 0 radical (unpaired) electrons. The summed E-state index contributed by atoms with van der Waals surface area (Å²) >= 11 is 0. The molecule has 0 aliphatic rings. The summed E-state index contributed by atoms with van der Waals surface area (Å²) in [5, 5.41) is 0. The second kappa shape index (κ2) is 5.58. The van der Waals surface area contributed by atoms with Crippen LogP contribution in [0.5, 0.6) is 0 Å². The number of aromatic nitrogens is 1. The third-order valence-corrected chi connectivity index (χ3v) is 3.08. The van der Waals surface area contributed by atoms with E-state index in [1.54, 1.807) is 6.20 Å². The number of aryl methyl sites for hydroxylation is 2. The van der Waals surface area contributed by atoms with Crippen LogP contribution in [0.15, 0.2) is 42.6 Å². The van der Waals surface area contributed by atoms with Crippen molar-refractivity contribution >= 4 is 5.78 Å². The van der Waals surface area contributed by atoms with Gasteiger partial charge in [0, 0.05) is 24.7 Å². The second-order valence-corrected chi connectivity index (χ2v) is 4.63. The van der Waals surface area contributed by atoms with Gasteiger partial charge in [0.15, 0.2) is 0 Å². The van der Waals surface area contributed by atoms with E-state index in [1.165, 1.54) is 11.1 Å². The van der Waals surface area contributed by atoms with Gasteiger partial charge in [-0.3, -0.25) is 9.78 Å². The third-order valence-electron chi connectivity index (χ3n) is 3.08. The highest BCUT2D eigenvalue weighted by Crippen LogP contribution is 2.11. The van der Waals surface area contributed by atoms with Crippen LogP contribution in [-0.4, -0.2) is 10.8 Å². The Balaban J connectivity index is 2.01. The van der Waals surface area contributed by atoms with Crippen LogP contribution >= 0.6 is 0 Å². The van der Waals surface area contributed by atoms with E-state index in [0.29, 0.717) is 12.8 Å². The van der Waals surface area contributed by atoms with Gasteiger partial charge in [-0.2, -0.15) is 0 Å². The molecule has 0 fully saturated rings. The molecule has 18 heavy (non-hydrogen) atoms. The molecule has 0 aliphatic heterocycles. The topological polar surface area (TPSA) is 30.0 Å². The molecule has 0 saturated heterocycles. The minimum Gasteiger partial charge on any atom is -0.299 e. The fraction of sp³-hybridized carbons (Fsp3) is 0.250. The number of Topliss-reactive ketones (excluding diaryl/α,β-unsaturated/α-hetero) is 1. The summed E-state index contributed by atoms with van der Waals surface area (Å²) in [5.41, 5.74) is 4.42. The number of hydrogen-bond donors (Lipinski definition) is 0. The van der Waals surface area contributed by atoms with Crippen molar-refractivity contribution in [2.75, 3.05) is 0 Å². The van der Waals surface area contributed by atoms with Crippen LogP contribution in [0.25, 0.3) is 0 Å². The van der Waals surface area contributed by atoms with Crippen molar-refractivity contribution in [3.63, 3.8) is 0 Å². The zero-order valence-corrected chi connectivity index (χ0v) is 10.8. The monoisotopic (exact) mass is 239 g/mol. The minimum atomic E-state index is 0.206. The van der Waals surface area contributed by atoms with Crippen molar-refractivity contribution in [3.8, 4) is 0 Å². The molecule has 1 aromatic carbocycles. The van der Waals surface area contributed by atoms with Gasteiger partial charge in [0.05, 0.1) is 0 Å². The molecule has 0 saturated carbocycles. The number of carbonyl (C=O) groups is 1. The SMILES string of the molecule is Cc1ccc(CC(=O)Cc2ccccn2)cc1C. The number of rotatable bonds is 4. The fourth-order valence-electron chi connectivity index (χ4n) is 1.91. The molecule has 2 aromatic rings. The van der Waals surface area contributed by atoms with Crippen LogP contribution < -0.4 is 0 Å². The Bertz CT molecular complexity index is 546. The van der Waals surface area contributed by atoms with Gasteiger partial charge >= 0.3 is 0 Å². The predicted octanol–water partition coefficient (Wildman–Crippen LogP) is 3.05. The van der Waals surface area contributed by atoms with Gasteiger partial charge in [-0.05, 0) is 42.7 Å². The smallest absolute Gasteiger partial charge is 0.143 e. The average molecular weight is 239 g/mol. The Morgan fingerprint density at radius 2 is 1.89 bits per heavy atom. The Morgan fingerprint density at radius 1 is 1.06 bits per heavy atom. The maximum absolute atomic E-state index is 11.9. The molecule has 0 aliphatic carbocycles. The number of ketones is 1. The maximum Gasteiger partial charge on any atom is 0.143 e. The first-order valence-electron chi connectivity index (χ1n) is 6.13. The summed E-state index contributed by atoms with van der Waals surface area (Å²) in [5.74, 6) is 0.206. The summed E-state index contributed by atoms with van der Waals surface area (Å²) in [6.45, 7) is 4.15. The molecule has 1 aromatic heterocycles. The lowest BCUT2D eigenvalue weighted by Gasteiger charge is -2.05. The van der Waals surface area contributed by atoms with E-state index >= 15 is 0 Å². The fourth-order valence-corrected chi connectivity index (χ4v) is 1.91. The van der Waals surface area contributed by atoms with Crippen molar-refractivity contribution < 1.29 is 4.79 Å². The zero-order valence-electron chi connectivity index (χ0n) is 10.8. The van der Waals surface area contributed by atoms with E-state index in [0.717, 1.165) is 11.3 Å². The van der Waals surface area contributed by atoms with Crippen LogP contribution in [0.1, 0.15) is 22.4 Å².